The Morgan fingerprint density at radius 1 is 1.07 bits per heavy atom. The Bertz CT molecular complexity index is 467. The molecule has 0 spiro atoms. The molecule has 0 heterocycles. The number of benzene rings is 1. The van der Waals surface area contributed by atoms with E-state index < -0.39 is 0 Å². The van der Waals surface area contributed by atoms with Crippen LogP contribution < -0.4 is 0 Å². The summed E-state index contributed by atoms with van der Waals surface area (Å²) in [4.78, 5) is 15.5. The van der Waals surface area contributed by atoms with Gasteiger partial charge in [-0.05, 0) is 42.9 Å². The van der Waals surface area contributed by atoms with Gasteiger partial charge in [0.05, 0.1) is 11.4 Å². The average molecular weight is 197 g/mol. The van der Waals surface area contributed by atoms with E-state index in [4.69, 9.17) is 0 Å². The lowest BCUT2D eigenvalue weighted by atomic mass is 10.0. The maximum Gasteiger partial charge on any atom is 0.179 e. The van der Waals surface area contributed by atoms with Gasteiger partial charge in [-0.25, -0.2) is 4.99 Å². The summed E-state index contributed by atoms with van der Waals surface area (Å²) in [5, 5.41) is 0. The molecule has 0 aliphatic heterocycles. The van der Waals surface area contributed by atoms with E-state index in [0.717, 1.165) is 17.0 Å². The van der Waals surface area contributed by atoms with Gasteiger partial charge in [-0.15, -0.1) is 0 Å². The Kier molecular flexibility index (Phi) is 2.59. The van der Waals surface area contributed by atoms with Crippen molar-refractivity contribution >= 4 is 17.2 Å². The van der Waals surface area contributed by atoms with Gasteiger partial charge in [0.1, 0.15) is 0 Å². The zero-order valence-corrected chi connectivity index (χ0v) is 8.47. The van der Waals surface area contributed by atoms with Crippen LogP contribution >= 0.6 is 0 Å². The number of hydrogen-bond donors (Lipinski definition) is 0. The van der Waals surface area contributed by atoms with Crippen LogP contribution in [0.15, 0.2) is 59.1 Å². The molecule has 0 bridgehead atoms. The fraction of sp³-hybridized carbons (Fsp3) is 0.0769. The van der Waals surface area contributed by atoms with Crippen molar-refractivity contribution in [3.8, 4) is 0 Å². The minimum atomic E-state index is 0.0273. The maximum atomic E-state index is 11.1. The van der Waals surface area contributed by atoms with E-state index in [1.807, 2.05) is 37.3 Å². The van der Waals surface area contributed by atoms with Crippen molar-refractivity contribution in [1.82, 2.24) is 0 Å². The lowest BCUT2D eigenvalue weighted by molar-refractivity contribution is -0.110. The third-order valence-electron chi connectivity index (χ3n) is 2.17. The number of carbonyl (C=O) groups is 1. The van der Waals surface area contributed by atoms with Crippen LogP contribution in [0.4, 0.5) is 5.69 Å². The number of para-hydroxylation sites is 1. The van der Waals surface area contributed by atoms with Crippen LogP contribution in [0.5, 0.6) is 0 Å². The molecule has 2 rings (SSSR count). The molecule has 0 amide bonds. The quantitative estimate of drug-likeness (QED) is 0.636. The van der Waals surface area contributed by atoms with Gasteiger partial charge in [0.15, 0.2) is 5.78 Å². The van der Waals surface area contributed by atoms with E-state index in [-0.39, 0.29) is 5.78 Å². The number of allylic oxidation sites excluding steroid dienone is 4. The molecule has 0 radical (unpaired) electrons. The van der Waals surface area contributed by atoms with Crippen molar-refractivity contribution in [3.63, 3.8) is 0 Å². The van der Waals surface area contributed by atoms with E-state index in [1.165, 1.54) is 6.08 Å². The van der Waals surface area contributed by atoms with E-state index in [0.29, 0.717) is 0 Å². The third kappa shape index (κ3) is 2.29. The normalized spacial score (nSPS) is 18.1. The summed E-state index contributed by atoms with van der Waals surface area (Å²) >= 11 is 0. The molecule has 2 heteroatoms. The van der Waals surface area contributed by atoms with Gasteiger partial charge in [-0.2, -0.15) is 0 Å². The highest BCUT2D eigenvalue weighted by Crippen LogP contribution is 2.15. The molecule has 1 aliphatic carbocycles. The van der Waals surface area contributed by atoms with Gasteiger partial charge in [0.25, 0.3) is 0 Å². The van der Waals surface area contributed by atoms with E-state index in [9.17, 15) is 4.79 Å². The molecule has 0 N–H and O–H groups in total. The number of hydrogen-bond acceptors (Lipinski definition) is 2. The molecule has 1 aromatic rings. The fourth-order valence-electron chi connectivity index (χ4n) is 1.40. The highest BCUT2D eigenvalue weighted by molar-refractivity contribution is 6.19. The topological polar surface area (TPSA) is 29.4 Å². The van der Waals surface area contributed by atoms with Crippen molar-refractivity contribution in [2.45, 2.75) is 6.92 Å². The Morgan fingerprint density at radius 3 is 2.47 bits per heavy atom. The molecule has 0 aromatic heterocycles. The van der Waals surface area contributed by atoms with Crippen molar-refractivity contribution < 1.29 is 4.79 Å². The van der Waals surface area contributed by atoms with Gasteiger partial charge in [-0.1, -0.05) is 18.2 Å². The van der Waals surface area contributed by atoms with Crippen LogP contribution in [-0.4, -0.2) is 11.5 Å². The van der Waals surface area contributed by atoms with Crippen LogP contribution in [-0.2, 0) is 4.79 Å². The average Bonchev–Trinajstić information content (AvgIpc) is 2.24. The Morgan fingerprint density at radius 2 is 1.80 bits per heavy atom. The molecular formula is C13H11NO. The molecule has 0 fully saturated rings. The van der Waals surface area contributed by atoms with Crippen LogP contribution in [0.2, 0.25) is 0 Å². The Balaban J connectivity index is 2.33. The number of nitrogens with zero attached hydrogens (tertiary/aromatic N) is 1. The summed E-state index contributed by atoms with van der Waals surface area (Å²) in [6.07, 6.45) is 4.89. The summed E-state index contributed by atoms with van der Waals surface area (Å²) in [5.41, 5.74) is 2.66. The predicted molar refractivity (Wildman–Crippen MR) is 61.4 cm³/mol. The first kappa shape index (κ1) is 9.59. The van der Waals surface area contributed by atoms with Crippen molar-refractivity contribution in [2.24, 2.45) is 4.99 Å². The summed E-state index contributed by atoms with van der Waals surface area (Å²) in [6.45, 7) is 1.89. The second-order valence-corrected chi connectivity index (χ2v) is 3.40. The first-order valence-corrected chi connectivity index (χ1v) is 4.80. The first-order chi connectivity index (χ1) is 7.25. The molecular weight excluding hydrogens is 186 g/mol. The molecule has 74 valence electrons. The second kappa shape index (κ2) is 4.05. The number of aliphatic imine (C=N–C) groups is 1. The molecule has 0 saturated carbocycles. The SMILES string of the molecule is CC1=CC(=O)C=CC1=Nc1ccccc1. The lowest BCUT2D eigenvalue weighted by Gasteiger charge is -2.05. The standard InChI is InChI=1S/C13H11NO/c1-10-9-12(15)7-8-13(10)14-11-5-3-2-4-6-11/h2-9H,1H3. The number of ketones is 1. The smallest absolute Gasteiger partial charge is 0.179 e. The van der Waals surface area contributed by atoms with Crippen LogP contribution in [0.1, 0.15) is 6.92 Å². The largest absolute Gasteiger partial charge is 0.290 e. The van der Waals surface area contributed by atoms with Crippen LogP contribution in [0.3, 0.4) is 0 Å². The molecule has 2 nitrogen and oxygen atoms in total. The molecule has 0 saturated heterocycles. The van der Waals surface area contributed by atoms with Crippen molar-refractivity contribution in [1.29, 1.82) is 0 Å². The van der Waals surface area contributed by atoms with E-state index in [2.05, 4.69) is 4.99 Å². The van der Waals surface area contributed by atoms with E-state index in [1.54, 1.807) is 12.2 Å². The number of rotatable bonds is 1. The van der Waals surface area contributed by atoms with Gasteiger partial charge in [-0.3, -0.25) is 4.79 Å². The molecule has 1 aliphatic rings. The summed E-state index contributed by atoms with van der Waals surface area (Å²) < 4.78 is 0. The zero-order chi connectivity index (χ0) is 10.7. The predicted octanol–water partition coefficient (Wildman–Crippen LogP) is 2.84. The summed E-state index contributed by atoms with van der Waals surface area (Å²) in [5.74, 6) is 0.0273. The first-order valence-electron chi connectivity index (χ1n) is 4.80. The fourth-order valence-corrected chi connectivity index (χ4v) is 1.40. The molecule has 1 aromatic carbocycles. The minimum Gasteiger partial charge on any atom is -0.290 e. The summed E-state index contributed by atoms with van der Waals surface area (Å²) in [6, 6.07) is 9.70. The zero-order valence-electron chi connectivity index (χ0n) is 8.47. The highest BCUT2D eigenvalue weighted by Gasteiger charge is 2.06. The minimum absolute atomic E-state index is 0.0273. The van der Waals surface area contributed by atoms with Crippen LogP contribution in [0.25, 0.3) is 0 Å². The van der Waals surface area contributed by atoms with Gasteiger partial charge >= 0.3 is 0 Å². The van der Waals surface area contributed by atoms with Gasteiger partial charge < -0.3 is 0 Å². The van der Waals surface area contributed by atoms with Gasteiger partial charge in [0.2, 0.25) is 0 Å². The van der Waals surface area contributed by atoms with Crippen molar-refractivity contribution in [3.05, 3.63) is 54.1 Å². The van der Waals surface area contributed by atoms with Crippen LogP contribution in [0, 0.1) is 0 Å². The summed E-state index contributed by atoms with van der Waals surface area (Å²) in [7, 11) is 0. The third-order valence-corrected chi connectivity index (χ3v) is 2.17. The molecule has 0 unspecified atom stereocenters. The number of carbonyl (C=O) groups excluding carboxylic acids is 1. The highest BCUT2D eigenvalue weighted by atomic mass is 16.1. The second-order valence-electron chi connectivity index (χ2n) is 3.40. The van der Waals surface area contributed by atoms with Crippen molar-refractivity contribution in [2.75, 3.05) is 0 Å². The lowest BCUT2D eigenvalue weighted by Crippen LogP contribution is -2.04. The molecule has 0 atom stereocenters. The monoisotopic (exact) mass is 197 g/mol. The van der Waals surface area contributed by atoms with E-state index >= 15 is 0 Å². The molecule has 15 heavy (non-hydrogen) atoms. The van der Waals surface area contributed by atoms with Gasteiger partial charge in [0, 0.05) is 0 Å². The maximum absolute atomic E-state index is 11.1. The Labute approximate surface area is 88.7 Å². The Hall–Kier alpha value is -1.96.